The van der Waals surface area contributed by atoms with E-state index in [0.29, 0.717) is 24.6 Å². The van der Waals surface area contributed by atoms with Gasteiger partial charge in [0.25, 0.3) is 5.56 Å². The second kappa shape index (κ2) is 9.03. The van der Waals surface area contributed by atoms with Crippen LogP contribution in [0.1, 0.15) is 42.5 Å². The van der Waals surface area contributed by atoms with Gasteiger partial charge >= 0.3 is 5.69 Å². The largest absolute Gasteiger partial charge is 0.497 e. The van der Waals surface area contributed by atoms with E-state index in [0.717, 1.165) is 30.6 Å². The topological polar surface area (TPSA) is 110 Å². The lowest BCUT2D eigenvalue weighted by Crippen LogP contribution is -2.42. The Morgan fingerprint density at radius 3 is 2.97 bits per heavy atom. The number of benzene rings is 1. The molecule has 0 saturated carbocycles. The maximum atomic E-state index is 12.9. The van der Waals surface area contributed by atoms with Crippen LogP contribution >= 0.6 is 0 Å². The lowest BCUT2D eigenvalue weighted by molar-refractivity contribution is -0.136. The number of piperidine rings is 1. The molecular formula is C22H24N4O5. The molecule has 0 spiro atoms. The zero-order chi connectivity index (χ0) is 21.8. The Morgan fingerprint density at radius 1 is 1.29 bits per heavy atom. The molecule has 3 aromatic rings. The predicted molar refractivity (Wildman–Crippen MR) is 112 cm³/mol. The Morgan fingerprint density at radius 2 is 2.16 bits per heavy atom. The summed E-state index contributed by atoms with van der Waals surface area (Å²) in [7, 11) is 1.63. The van der Waals surface area contributed by atoms with Crippen LogP contribution in [0.4, 0.5) is 0 Å². The zero-order valence-corrected chi connectivity index (χ0v) is 17.2. The number of nitrogens with one attached hydrogen (secondary N) is 1. The Balaban J connectivity index is 1.50. The van der Waals surface area contributed by atoms with E-state index in [1.54, 1.807) is 18.2 Å². The number of likely N-dealkylation sites (tertiary alicyclic amines) is 1. The van der Waals surface area contributed by atoms with Gasteiger partial charge in [0, 0.05) is 25.2 Å². The first-order valence-electron chi connectivity index (χ1n) is 10.2. The number of H-pyrrole nitrogens is 1. The molecule has 3 heterocycles. The first-order chi connectivity index (χ1) is 15.0. The van der Waals surface area contributed by atoms with Crippen molar-refractivity contribution >= 4 is 5.91 Å². The molecule has 31 heavy (non-hydrogen) atoms. The lowest BCUT2D eigenvalue weighted by Gasteiger charge is -2.33. The minimum atomic E-state index is -0.605. The summed E-state index contributed by atoms with van der Waals surface area (Å²) in [5.41, 5.74) is -0.0601. The summed E-state index contributed by atoms with van der Waals surface area (Å²) in [5.74, 6) is 1.77. The van der Waals surface area contributed by atoms with Crippen LogP contribution in [0.2, 0.25) is 0 Å². The van der Waals surface area contributed by atoms with Crippen LogP contribution < -0.4 is 16.0 Å². The first-order valence-corrected chi connectivity index (χ1v) is 10.2. The number of nitrogens with zero attached hydrogens (tertiary/aromatic N) is 3. The SMILES string of the molecule is COc1cccc(Cc2cnc(C3CCCCN3C(=O)Cn3ccc(=O)[nH]c3=O)o2)c1. The first kappa shape index (κ1) is 20.6. The molecule has 9 heteroatoms. The third kappa shape index (κ3) is 4.76. The molecule has 1 atom stereocenters. The van der Waals surface area contributed by atoms with Crippen LogP contribution in [0.3, 0.4) is 0 Å². The highest BCUT2D eigenvalue weighted by Gasteiger charge is 2.31. The highest BCUT2D eigenvalue weighted by molar-refractivity contribution is 5.76. The van der Waals surface area contributed by atoms with Gasteiger partial charge in [0.15, 0.2) is 0 Å². The molecule has 1 aliphatic rings. The van der Waals surface area contributed by atoms with E-state index in [2.05, 4.69) is 9.97 Å². The van der Waals surface area contributed by atoms with Crippen molar-refractivity contribution in [3.8, 4) is 5.75 Å². The third-order valence-corrected chi connectivity index (χ3v) is 5.39. The van der Waals surface area contributed by atoms with Gasteiger partial charge in [-0.05, 0) is 37.0 Å². The Bertz CT molecular complexity index is 1180. The molecule has 9 nitrogen and oxygen atoms in total. The van der Waals surface area contributed by atoms with E-state index in [-0.39, 0.29) is 18.5 Å². The normalized spacial score (nSPS) is 16.3. The number of aromatic amines is 1. The maximum absolute atomic E-state index is 12.9. The maximum Gasteiger partial charge on any atom is 0.328 e. The average molecular weight is 424 g/mol. The summed E-state index contributed by atoms with van der Waals surface area (Å²) in [6.07, 6.45) is 6.16. The average Bonchev–Trinajstić information content (AvgIpc) is 3.24. The molecule has 1 fully saturated rings. The fraction of sp³-hybridized carbons (Fsp3) is 0.364. The Kier molecular flexibility index (Phi) is 6.01. The van der Waals surface area contributed by atoms with Gasteiger partial charge < -0.3 is 14.1 Å². The van der Waals surface area contributed by atoms with Crippen LogP contribution in [0.5, 0.6) is 5.75 Å². The summed E-state index contributed by atoms with van der Waals surface area (Å²) >= 11 is 0. The molecule has 1 amide bonds. The van der Waals surface area contributed by atoms with Gasteiger partial charge in [0.1, 0.15) is 24.1 Å². The van der Waals surface area contributed by atoms with E-state index >= 15 is 0 Å². The van der Waals surface area contributed by atoms with Crippen molar-refractivity contribution < 1.29 is 13.9 Å². The summed E-state index contributed by atoms with van der Waals surface area (Å²) in [6, 6.07) is 8.68. The van der Waals surface area contributed by atoms with E-state index in [4.69, 9.17) is 9.15 Å². The fourth-order valence-electron chi connectivity index (χ4n) is 3.83. The number of hydrogen-bond donors (Lipinski definition) is 1. The number of hydrogen-bond acceptors (Lipinski definition) is 6. The minimum absolute atomic E-state index is 0.149. The van der Waals surface area contributed by atoms with E-state index < -0.39 is 11.2 Å². The molecule has 1 N–H and O–H groups in total. The summed E-state index contributed by atoms with van der Waals surface area (Å²) in [4.78, 5) is 44.4. The van der Waals surface area contributed by atoms with Crippen molar-refractivity contribution in [2.45, 2.75) is 38.3 Å². The molecule has 162 valence electrons. The van der Waals surface area contributed by atoms with E-state index in [9.17, 15) is 14.4 Å². The molecule has 1 saturated heterocycles. The van der Waals surface area contributed by atoms with Crippen molar-refractivity contribution in [3.05, 3.63) is 80.8 Å². The Labute approximate surface area is 178 Å². The highest BCUT2D eigenvalue weighted by Crippen LogP contribution is 2.31. The number of oxazole rings is 1. The highest BCUT2D eigenvalue weighted by atomic mass is 16.5. The van der Waals surface area contributed by atoms with Crippen LogP contribution in [0, 0.1) is 0 Å². The molecule has 1 aromatic carbocycles. The second-order valence-corrected chi connectivity index (χ2v) is 7.53. The number of carbonyl (C=O) groups excluding carboxylic acids is 1. The van der Waals surface area contributed by atoms with E-state index in [1.165, 1.54) is 16.8 Å². The number of ether oxygens (including phenoxy) is 1. The van der Waals surface area contributed by atoms with E-state index in [1.807, 2.05) is 24.3 Å². The van der Waals surface area contributed by atoms with Crippen molar-refractivity contribution in [3.63, 3.8) is 0 Å². The number of aromatic nitrogens is 3. The van der Waals surface area contributed by atoms with Crippen LogP contribution in [0.25, 0.3) is 0 Å². The standard InChI is InChI=1S/C22H24N4O5/c1-30-16-6-4-5-15(11-16)12-17-13-23-21(31-17)18-7-2-3-9-26(18)20(28)14-25-10-8-19(27)24-22(25)29/h4-6,8,10-11,13,18H,2-3,7,9,12,14H2,1H3,(H,24,27,29). The molecule has 0 bridgehead atoms. The number of rotatable bonds is 6. The predicted octanol–water partition coefficient (Wildman–Crippen LogP) is 1.88. The van der Waals surface area contributed by atoms with Crippen molar-refractivity contribution in [2.75, 3.05) is 13.7 Å². The van der Waals surface area contributed by atoms with Gasteiger partial charge in [-0.1, -0.05) is 12.1 Å². The van der Waals surface area contributed by atoms with Gasteiger partial charge in [-0.25, -0.2) is 9.78 Å². The van der Waals surface area contributed by atoms with Gasteiger partial charge in [0.2, 0.25) is 11.8 Å². The summed E-state index contributed by atoms with van der Waals surface area (Å²) in [6.45, 7) is 0.415. The van der Waals surface area contributed by atoms with Crippen molar-refractivity contribution in [1.82, 2.24) is 19.4 Å². The van der Waals surface area contributed by atoms with Crippen molar-refractivity contribution in [2.24, 2.45) is 0 Å². The van der Waals surface area contributed by atoms with Crippen LogP contribution in [-0.4, -0.2) is 39.0 Å². The minimum Gasteiger partial charge on any atom is -0.497 e. The smallest absolute Gasteiger partial charge is 0.328 e. The molecule has 1 unspecified atom stereocenters. The fourth-order valence-corrected chi connectivity index (χ4v) is 3.83. The van der Waals surface area contributed by atoms with Gasteiger partial charge in [-0.2, -0.15) is 0 Å². The van der Waals surface area contributed by atoms with Gasteiger partial charge in [0.05, 0.1) is 13.3 Å². The second-order valence-electron chi connectivity index (χ2n) is 7.53. The quantitative estimate of drug-likeness (QED) is 0.647. The Hall–Kier alpha value is -3.62. The molecule has 0 aliphatic carbocycles. The number of carbonyl (C=O) groups is 1. The summed E-state index contributed by atoms with van der Waals surface area (Å²) < 4.78 is 12.5. The van der Waals surface area contributed by atoms with Crippen LogP contribution in [0.15, 0.2) is 56.7 Å². The molecule has 2 aromatic heterocycles. The molecule has 1 aliphatic heterocycles. The number of amides is 1. The number of methoxy groups -OCH3 is 1. The van der Waals surface area contributed by atoms with Gasteiger partial charge in [-0.3, -0.25) is 19.1 Å². The van der Waals surface area contributed by atoms with Crippen molar-refractivity contribution in [1.29, 1.82) is 0 Å². The molecule has 4 rings (SSSR count). The zero-order valence-electron chi connectivity index (χ0n) is 17.2. The van der Waals surface area contributed by atoms with Gasteiger partial charge in [-0.15, -0.1) is 0 Å². The third-order valence-electron chi connectivity index (χ3n) is 5.39. The lowest BCUT2D eigenvalue weighted by atomic mass is 10.0. The molecule has 0 radical (unpaired) electrons. The molecular weight excluding hydrogens is 400 g/mol. The summed E-state index contributed by atoms with van der Waals surface area (Å²) in [5, 5.41) is 0. The monoisotopic (exact) mass is 424 g/mol. The van der Waals surface area contributed by atoms with Crippen LogP contribution in [-0.2, 0) is 17.8 Å².